The standard InChI is InChI=1S/C20H26N3O6PS/c1-12-9-22-19-14(24)7-15-20(18(12)19)8-13(20)10-23(15)17(26)5-3-2-4-6-21-16(25)11-31-30(27,28)29/h7,9,13,22H,2-6,8,10-11H2,1H3,(H,21,25)(H2,27,28,29). The highest BCUT2D eigenvalue weighted by Crippen LogP contribution is 2.67. The van der Waals surface area contributed by atoms with E-state index in [1.54, 1.807) is 11.0 Å². The fourth-order valence-electron chi connectivity index (χ4n) is 4.92. The summed E-state index contributed by atoms with van der Waals surface area (Å²) in [6.07, 6.45) is 6.98. The number of aryl methyl sites for hydroxylation is 1. The van der Waals surface area contributed by atoms with E-state index in [9.17, 15) is 18.9 Å². The van der Waals surface area contributed by atoms with E-state index >= 15 is 0 Å². The number of hydrogen-bond donors (Lipinski definition) is 4. The van der Waals surface area contributed by atoms with Crippen LogP contribution in [-0.2, 0) is 19.6 Å². The second-order valence-electron chi connectivity index (χ2n) is 8.42. The van der Waals surface area contributed by atoms with E-state index in [0.717, 1.165) is 29.7 Å². The second kappa shape index (κ2) is 8.24. The third-order valence-corrected chi connectivity index (χ3v) is 8.47. The minimum absolute atomic E-state index is 0.0318. The van der Waals surface area contributed by atoms with Gasteiger partial charge in [-0.2, -0.15) is 0 Å². The van der Waals surface area contributed by atoms with Crippen LogP contribution >= 0.6 is 18.2 Å². The summed E-state index contributed by atoms with van der Waals surface area (Å²) in [5.41, 5.74) is 3.50. The smallest absolute Gasteiger partial charge is 0.358 e. The SMILES string of the molecule is Cc1c[nH]c2c1C13CC1CN(C(=O)CCCCCNC(=O)CSP(=O)(O)O)C3=CC2=O. The van der Waals surface area contributed by atoms with Gasteiger partial charge in [0.15, 0.2) is 0 Å². The summed E-state index contributed by atoms with van der Waals surface area (Å²) < 4.78 is 10.7. The van der Waals surface area contributed by atoms with Gasteiger partial charge < -0.3 is 25.0 Å². The molecule has 1 saturated carbocycles. The molecule has 1 saturated heterocycles. The van der Waals surface area contributed by atoms with Gasteiger partial charge in [-0.15, -0.1) is 0 Å². The number of carbonyl (C=O) groups is 3. The van der Waals surface area contributed by atoms with Crippen molar-refractivity contribution in [2.45, 2.75) is 44.4 Å². The van der Waals surface area contributed by atoms with Crippen LogP contribution in [-0.4, -0.2) is 56.1 Å². The predicted octanol–water partition coefficient (Wildman–Crippen LogP) is 2.01. The molecule has 2 unspecified atom stereocenters. The molecule has 0 radical (unpaired) electrons. The summed E-state index contributed by atoms with van der Waals surface area (Å²) in [5, 5.41) is 2.62. The highest BCUT2D eigenvalue weighted by Gasteiger charge is 2.67. The van der Waals surface area contributed by atoms with E-state index in [4.69, 9.17) is 9.79 Å². The van der Waals surface area contributed by atoms with Crippen molar-refractivity contribution in [3.05, 3.63) is 34.8 Å². The van der Waals surface area contributed by atoms with Crippen molar-refractivity contribution in [2.75, 3.05) is 18.8 Å². The first-order chi connectivity index (χ1) is 14.6. The second-order valence-corrected chi connectivity index (χ2v) is 12.1. The predicted molar refractivity (Wildman–Crippen MR) is 115 cm³/mol. The number of rotatable bonds is 9. The van der Waals surface area contributed by atoms with Gasteiger partial charge >= 0.3 is 6.80 Å². The van der Waals surface area contributed by atoms with Gasteiger partial charge in [-0.3, -0.25) is 14.4 Å². The number of nitrogens with zero attached hydrogens (tertiary/aromatic N) is 1. The molecule has 31 heavy (non-hydrogen) atoms. The molecule has 4 rings (SSSR count). The lowest BCUT2D eigenvalue weighted by Gasteiger charge is -2.28. The van der Waals surface area contributed by atoms with E-state index in [2.05, 4.69) is 10.3 Å². The lowest BCUT2D eigenvalue weighted by Crippen LogP contribution is -2.33. The molecule has 9 nitrogen and oxygen atoms in total. The molecular weight excluding hydrogens is 441 g/mol. The third-order valence-electron chi connectivity index (χ3n) is 6.35. The molecule has 3 aliphatic rings. The Morgan fingerprint density at radius 2 is 2.13 bits per heavy atom. The number of H-pyrrole nitrogens is 1. The molecular formula is C20H26N3O6PS. The summed E-state index contributed by atoms with van der Waals surface area (Å²) in [6, 6.07) is 0. The molecule has 2 aliphatic carbocycles. The molecule has 1 aromatic rings. The number of hydrogen-bond acceptors (Lipinski definition) is 5. The van der Waals surface area contributed by atoms with E-state index in [1.165, 1.54) is 0 Å². The number of piperidine rings is 1. The van der Waals surface area contributed by atoms with E-state index in [0.29, 0.717) is 55.3 Å². The average molecular weight is 467 g/mol. The van der Waals surface area contributed by atoms with Crippen molar-refractivity contribution in [3.8, 4) is 0 Å². The van der Waals surface area contributed by atoms with Crippen molar-refractivity contribution in [1.82, 2.24) is 15.2 Å². The zero-order valence-electron chi connectivity index (χ0n) is 17.2. The Hall–Kier alpha value is -1.87. The molecule has 0 bridgehead atoms. The Bertz CT molecular complexity index is 1010. The molecule has 2 heterocycles. The van der Waals surface area contributed by atoms with Gasteiger partial charge in [0.1, 0.15) is 0 Å². The minimum atomic E-state index is -4.24. The maximum atomic E-state index is 12.8. The number of carbonyl (C=O) groups excluding carboxylic acids is 3. The first-order valence-corrected chi connectivity index (χ1v) is 13.6. The van der Waals surface area contributed by atoms with Crippen LogP contribution in [0.1, 0.15) is 53.7 Å². The van der Waals surface area contributed by atoms with Gasteiger partial charge in [0.05, 0.1) is 11.4 Å². The Balaban J connectivity index is 1.23. The first kappa shape index (κ1) is 22.3. The van der Waals surface area contributed by atoms with Crippen molar-refractivity contribution in [3.63, 3.8) is 0 Å². The molecule has 0 aromatic carbocycles. The van der Waals surface area contributed by atoms with Crippen LogP contribution in [0.5, 0.6) is 0 Å². The first-order valence-electron chi connectivity index (χ1n) is 10.4. The lowest BCUT2D eigenvalue weighted by atomic mass is 9.83. The Morgan fingerprint density at radius 1 is 1.35 bits per heavy atom. The molecule has 1 aliphatic heterocycles. The number of aromatic amines is 1. The quantitative estimate of drug-likeness (QED) is 0.322. The number of unbranched alkanes of at least 4 members (excludes halogenated alkanes) is 2. The Labute approximate surface area is 183 Å². The summed E-state index contributed by atoms with van der Waals surface area (Å²) in [4.78, 5) is 59.3. The number of fused-ring (bicyclic) bond motifs is 1. The summed E-state index contributed by atoms with van der Waals surface area (Å²) in [6.45, 7) is -1.17. The molecule has 11 heteroatoms. The van der Waals surface area contributed by atoms with Crippen molar-refractivity contribution >= 4 is 35.8 Å². The maximum absolute atomic E-state index is 12.8. The van der Waals surface area contributed by atoms with E-state index in [1.807, 2.05) is 13.1 Å². The Morgan fingerprint density at radius 3 is 2.87 bits per heavy atom. The van der Waals surface area contributed by atoms with Crippen molar-refractivity contribution < 1.29 is 28.7 Å². The van der Waals surface area contributed by atoms with Gasteiger partial charge in [0, 0.05) is 42.9 Å². The summed E-state index contributed by atoms with van der Waals surface area (Å²) >= 11 is 0.311. The average Bonchev–Trinajstić information content (AvgIpc) is 3.09. The van der Waals surface area contributed by atoms with Crippen LogP contribution in [0.3, 0.4) is 0 Å². The fourth-order valence-corrected chi connectivity index (χ4v) is 6.17. The fraction of sp³-hybridized carbons (Fsp3) is 0.550. The van der Waals surface area contributed by atoms with Crippen LogP contribution in [0, 0.1) is 12.8 Å². The Kier molecular flexibility index (Phi) is 5.93. The van der Waals surface area contributed by atoms with Crippen LogP contribution in [0.15, 0.2) is 18.0 Å². The molecule has 2 amide bonds. The van der Waals surface area contributed by atoms with Crippen LogP contribution in [0.25, 0.3) is 0 Å². The van der Waals surface area contributed by atoms with Crippen LogP contribution in [0.4, 0.5) is 0 Å². The number of nitrogens with one attached hydrogen (secondary N) is 2. The monoisotopic (exact) mass is 467 g/mol. The highest BCUT2D eigenvalue weighted by atomic mass is 32.7. The lowest BCUT2D eigenvalue weighted by molar-refractivity contribution is -0.129. The molecule has 4 N–H and O–H groups in total. The topological polar surface area (TPSA) is 140 Å². The van der Waals surface area contributed by atoms with Gasteiger partial charge in [0.2, 0.25) is 17.6 Å². The zero-order valence-corrected chi connectivity index (χ0v) is 18.9. The summed E-state index contributed by atoms with van der Waals surface area (Å²) in [7, 11) is 0. The number of amides is 2. The molecule has 2 fully saturated rings. The van der Waals surface area contributed by atoms with Crippen LogP contribution in [0.2, 0.25) is 0 Å². The van der Waals surface area contributed by atoms with Gasteiger partial charge in [-0.1, -0.05) is 6.42 Å². The maximum Gasteiger partial charge on any atom is 0.384 e. The van der Waals surface area contributed by atoms with E-state index in [-0.39, 0.29) is 22.9 Å². The number of allylic oxidation sites excluding steroid dienone is 2. The number of aromatic nitrogens is 1. The largest absolute Gasteiger partial charge is 0.384 e. The molecule has 2 atom stereocenters. The van der Waals surface area contributed by atoms with Crippen molar-refractivity contribution in [2.24, 2.45) is 5.92 Å². The minimum Gasteiger partial charge on any atom is -0.358 e. The van der Waals surface area contributed by atoms with Crippen LogP contribution < -0.4 is 5.32 Å². The van der Waals surface area contributed by atoms with E-state index < -0.39 is 12.7 Å². The highest BCUT2D eigenvalue weighted by molar-refractivity contribution is 8.54. The molecule has 1 spiro atoms. The van der Waals surface area contributed by atoms with Gasteiger partial charge in [-0.25, -0.2) is 4.57 Å². The molecule has 168 valence electrons. The third kappa shape index (κ3) is 4.26. The van der Waals surface area contributed by atoms with Crippen molar-refractivity contribution in [1.29, 1.82) is 0 Å². The van der Waals surface area contributed by atoms with Gasteiger partial charge in [0.25, 0.3) is 0 Å². The number of likely N-dealkylation sites (tertiary alicyclic amines) is 1. The normalized spacial score (nSPS) is 23.7. The number of ketones is 1. The molecule has 1 aromatic heterocycles. The van der Waals surface area contributed by atoms with Gasteiger partial charge in [-0.05, 0) is 54.6 Å². The summed E-state index contributed by atoms with van der Waals surface area (Å²) in [5.74, 6) is -0.354. The zero-order chi connectivity index (χ0) is 22.4.